The van der Waals surface area contributed by atoms with Crippen molar-refractivity contribution in [1.82, 2.24) is 0 Å². The summed E-state index contributed by atoms with van der Waals surface area (Å²) in [6.07, 6.45) is 4.08. The van der Waals surface area contributed by atoms with Crippen LogP contribution >= 0.6 is 11.8 Å². The maximum atomic E-state index is 6.69. The molecule has 0 radical (unpaired) electrons. The monoisotopic (exact) mass is 459 g/mol. The first-order valence-electron chi connectivity index (χ1n) is 11.1. The molecule has 0 spiro atoms. The molecular weight excluding hydrogens is 430 g/mol. The molecule has 0 saturated heterocycles. The van der Waals surface area contributed by atoms with E-state index < -0.39 is 0 Å². The van der Waals surface area contributed by atoms with Gasteiger partial charge in [-0.15, -0.1) is 11.8 Å². The van der Waals surface area contributed by atoms with Crippen LogP contribution in [0.15, 0.2) is 60.7 Å². The van der Waals surface area contributed by atoms with E-state index in [2.05, 4.69) is 56.4 Å². The molecular formula is C28H29NO3S. The summed E-state index contributed by atoms with van der Waals surface area (Å²) in [5, 5.41) is 3.69. The highest BCUT2D eigenvalue weighted by Gasteiger charge is 2.35. The number of anilines is 1. The van der Waals surface area contributed by atoms with Crippen molar-refractivity contribution < 1.29 is 14.2 Å². The van der Waals surface area contributed by atoms with E-state index in [1.165, 1.54) is 16.7 Å². The van der Waals surface area contributed by atoms with E-state index in [0.717, 1.165) is 39.6 Å². The van der Waals surface area contributed by atoms with E-state index >= 15 is 0 Å². The lowest BCUT2D eigenvalue weighted by Gasteiger charge is -2.37. The maximum Gasteiger partial charge on any atom is 0.150 e. The van der Waals surface area contributed by atoms with Gasteiger partial charge in [-0.2, -0.15) is 0 Å². The summed E-state index contributed by atoms with van der Waals surface area (Å²) < 4.78 is 18.2. The number of rotatable bonds is 5. The minimum absolute atomic E-state index is 0.109. The molecule has 5 rings (SSSR count). The highest BCUT2D eigenvalue weighted by molar-refractivity contribution is 7.98. The van der Waals surface area contributed by atoms with Crippen molar-refractivity contribution in [3.8, 4) is 28.4 Å². The molecule has 33 heavy (non-hydrogen) atoms. The molecule has 1 N–H and O–H groups in total. The Hall–Kier alpha value is -3.05. The molecule has 0 bridgehead atoms. The summed E-state index contributed by atoms with van der Waals surface area (Å²) in [5.41, 5.74) is 7.88. The van der Waals surface area contributed by atoms with Crippen LogP contribution in [0.2, 0.25) is 0 Å². The van der Waals surface area contributed by atoms with Crippen molar-refractivity contribution in [3.63, 3.8) is 0 Å². The smallest absolute Gasteiger partial charge is 0.150 e. The minimum atomic E-state index is -0.240. The maximum absolute atomic E-state index is 6.69. The lowest BCUT2D eigenvalue weighted by molar-refractivity contribution is 0.241. The average molecular weight is 460 g/mol. The Kier molecular flexibility index (Phi) is 5.53. The van der Waals surface area contributed by atoms with Crippen molar-refractivity contribution in [1.29, 1.82) is 0 Å². The van der Waals surface area contributed by atoms with Gasteiger partial charge in [-0.25, -0.2) is 0 Å². The number of methoxy groups -OCH3 is 1. The molecule has 3 aromatic rings. The first-order valence-corrected chi connectivity index (χ1v) is 12.5. The largest absolute Gasteiger partial charge is 0.496 e. The predicted octanol–water partition coefficient (Wildman–Crippen LogP) is 7.15. The van der Waals surface area contributed by atoms with Gasteiger partial charge >= 0.3 is 0 Å². The number of thioether (sulfide) groups is 1. The first-order chi connectivity index (χ1) is 15.9. The van der Waals surface area contributed by atoms with Gasteiger partial charge in [0, 0.05) is 16.8 Å². The number of benzene rings is 3. The summed E-state index contributed by atoms with van der Waals surface area (Å²) in [6, 6.07) is 18.6. The second-order valence-electron chi connectivity index (χ2n) is 9.07. The Balaban J connectivity index is 1.71. The molecule has 0 amide bonds. The molecule has 170 valence electrons. The van der Waals surface area contributed by atoms with Crippen LogP contribution in [-0.2, 0) is 0 Å². The zero-order chi connectivity index (χ0) is 23.2. The van der Waals surface area contributed by atoms with E-state index in [9.17, 15) is 0 Å². The second-order valence-corrected chi connectivity index (χ2v) is 9.89. The highest BCUT2D eigenvalue weighted by atomic mass is 32.2. The number of allylic oxidation sites excluding steroid dienone is 1. The quantitative estimate of drug-likeness (QED) is 0.410. The number of ether oxygens (including phenoxy) is 3. The third-order valence-electron chi connectivity index (χ3n) is 6.18. The Labute approximate surface area is 200 Å². The van der Waals surface area contributed by atoms with Crippen molar-refractivity contribution in [3.05, 3.63) is 77.4 Å². The molecule has 5 heteroatoms. The predicted molar refractivity (Wildman–Crippen MR) is 138 cm³/mol. The third-order valence-corrected chi connectivity index (χ3v) is 6.54. The van der Waals surface area contributed by atoms with Gasteiger partial charge in [0.05, 0.1) is 18.2 Å². The van der Waals surface area contributed by atoms with E-state index in [-0.39, 0.29) is 11.6 Å². The fourth-order valence-electron chi connectivity index (χ4n) is 4.97. The molecule has 2 heterocycles. The fourth-order valence-corrected chi connectivity index (χ4v) is 5.22. The average Bonchev–Trinajstić information content (AvgIpc) is 2.80. The summed E-state index contributed by atoms with van der Waals surface area (Å²) >= 11 is 1.66. The highest BCUT2D eigenvalue weighted by Crippen LogP contribution is 2.53. The normalized spacial score (nSPS) is 17.5. The molecule has 0 aromatic heterocycles. The van der Waals surface area contributed by atoms with Gasteiger partial charge in [-0.1, -0.05) is 30.3 Å². The van der Waals surface area contributed by atoms with Crippen LogP contribution in [0.3, 0.4) is 0 Å². The van der Waals surface area contributed by atoms with Crippen LogP contribution in [0, 0.1) is 0 Å². The molecule has 4 nitrogen and oxygen atoms in total. The SMILES string of the molecule is COc1cccc2c1-c1ccc3c(c1C(c1ccc(OCSC)cc1)O2)C(C)=CC(C)(C)N3. The van der Waals surface area contributed by atoms with Crippen LogP contribution in [0.1, 0.15) is 43.6 Å². The molecule has 2 aliphatic heterocycles. The molecule has 1 atom stereocenters. The van der Waals surface area contributed by atoms with Crippen molar-refractivity contribution >= 4 is 23.0 Å². The van der Waals surface area contributed by atoms with Crippen LogP contribution in [0.4, 0.5) is 5.69 Å². The van der Waals surface area contributed by atoms with E-state index in [1.54, 1.807) is 18.9 Å². The Bertz CT molecular complexity index is 1230. The van der Waals surface area contributed by atoms with E-state index in [0.29, 0.717) is 5.94 Å². The molecule has 2 aliphatic rings. The molecule has 0 aliphatic carbocycles. The van der Waals surface area contributed by atoms with Crippen molar-refractivity contribution in [2.45, 2.75) is 32.4 Å². The van der Waals surface area contributed by atoms with Crippen LogP contribution in [0.5, 0.6) is 17.2 Å². The second kappa shape index (κ2) is 8.38. The topological polar surface area (TPSA) is 39.7 Å². The first kappa shape index (κ1) is 21.8. The van der Waals surface area contributed by atoms with Gasteiger partial charge in [0.1, 0.15) is 23.2 Å². The Morgan fingerprint density at radius 1 is 1.03 bits per heavy atom. The number of hydrogen-bond acceptors (Lipinski definition) is 5. The van der Waals surface area contributed by atoms with Gasteiger partial charge < -0.3 is 19.5 Å². The van der Waals surface area contributed by atoms with Gasteiger partial charge in [0.15, 0.2) is 6.10 Å². The number of nitrogens with one attached hydrogen (secondary N) is 1. The summed E-state index contributed by atoms with van der Waals surface area (Å²) in [4.78, 5) is 0. The summed E-state index contributed by atoms with van der Waals surface area (Å²) in [5.74, 6) is 3.15. The van der Waals surface area contributed by atoms with Gasteiger partial charge in [-0.3, -0.25) is 0 Å². The summed E-state index contributed by atoms with van der Waals surface area (Å²) in [7, 11) is 1.71. The number of hydrogen-bond donors (Lipinski definition) is 1. The molecule has 0 saturated carbocycles. The van der Waals surface area contributed by atoms with Crippen molar-refractivity contribution in [2.24, 2.45) is 0 Å². The van der Waals surface area contributed by atoms with Crippen LogP contribution < -0.4 is 19.5 Å². The van der Waals surface area contributed by atoms with Gasteiger partial charge in [0.2, 0.25) is 0 Å². The van der Waals surface area contributed by atoms with Gasteiger partial charge in [0.25, 0.3) is 0 Å². The summed E-state index contributed by atoms with van der Waals surface area (Å²) in [6.45, 7) is 6.58. The molecule has 3 aromatic carbocycles. The van der Waals surface area contributed by atoms with E-state index in [4.69, 9.17) is 14.2 Å². The van der Waals surface area contributed by atoms with Gasteiger partial charge in [-0.05, 0) is 74.1 Å². The standard InChI is InChI=1S/C28H29NO3S/c1-17-15-28(2,3)29-21-14-13-20-25-22(30-4)7-6-8-23(25)32-27(26(20)24(17)21)18-9-11-19(12-10-18)31-16-33-5/h6-15,27,29H,16H2,1-5H3. The Morgan fingerprint density at radius 2 is 1.82 bits per heavy atom. The van der Waals surface area contributed by atoms with Crippen LogP contribution in [0.25, 0.3) is 16.7 Å². The van der Waals surface area contributed by atoms with Crippen LogP contribution in [-0.4, -0.2) is 24.8 Å². The number of fused-ring (bicyclic) bond motifs is 5. The third kappa shape index (κ3) is 3.84. The van der Waals surface area contributed by atoms with E-state index in [1.807, 2.05) is 36.6 Å². The molecule has 0 fully saturated rings. The Morgan fingerprint density at radius 3 is 2.55 bits per heavy atom. The zero-order valence-electron chi connectivity index (χ0n) is 19.7. The minimum Gasteiger partial charge on any atom is -0.496 e. The molecule has 1 unspecified atom stereocenters. The zero-order valence-corrected chi connectivity index (χ0v) is 20.5. The lowest BCUT2D eigenvalue weighted by Crippen LogP contribution is -2.32. The lowest BCUT2D eigenvalue weighted by atomic mass is 9.80. The van der Waals surface area contributed by atoms with Crippen molar-refractivity contribution in [2.75, 3.05) is 24.6 Å². The fraction of sp³-hybridized carbons (Fsp3) is 0.286.